The molecule has 0 amide bonds. The Kier molecular flexibility index (Phi) is 5.40. The Morgan fingerprint density at radius 2 is 1.95 bits per heavy atom. The lowest BCUT2D eigenvalue weighted by atomic mass is 9.87. The third-order valence-corrected chi connectivity index (χ3v) is 5.49. The summed E-state index contributed by atoms with van der Waals surface area (Å²) < 4.78 is 6.31. The molecule has 0 bridgehead atoms. The Bertz CT molecular complexity index is 517. The summed E-state index contributed by atoms with van der Waals surface area (Å²) in [5.41, 5.74) is 1.45. The van der Waals surface area contributed by atoms with Crippen molar-refractivity contribution in [1.29, 1.82) is 0 Å². The van der Waals surface area contributed by atoms with E-state index >= 15 is 0 Å². The number of hydrogen-bond acceptors (Lipinski definition) is 3. The minimum atomic E-state index is 0.0505. The zero-order chi connectivity index (χ0) is 15.3. The zero-order valence-electron chi connectivity index (χ0n) is 13.2. The number of hydrogen-bond donors (Lipinski definition) is 0. The average molecular weight is 315 g/mol. The molecule has 22 heavy (non-hydrogen) atoms. The van der Waals surface area contributed by atoms with Gasteiger partial charge in [-0.25, -0.2) is 0 Å². The minimum Gasteiger partial charge on any atom is -0.374 e. The maximum Gasteiger partial charge on any atom is 0.0741 e. The van der Waals surface area contributed by atoms with Gasteiger partial charge in [-0.05, 0) is 35.1 Å². The molecule has 0 N–H and O–H groups in total. The van der Waals surface area contributed by atoms with E-state index in [2.05, 4.69) is 53.3 Å². The van der Waals surface area contributed by atoms with Crippen LogP contribution in [0.5, 0.6) is 0 Å². The van der Waals surface area contributed by atoms with E-state index in [-0.39, 0.29) is 5.60 Å². The number of benzene rings is 1. The van der Waals surface area contributed by atoms with Crippen LogP contribution in [0, 0.1) is 0 Å². The summed E-state index contributed by atoms with van der Waals surface area (Å²) in [6.45, 7) is 8.18. The van der Waals surface area contributed by atoms with Crippen molar-refractivity contribution in [2.45, 2.75) is 37.8 Å². The Balaban J connectivity index is 1.56. The Morgan fingerprint density at radius 3 is 2.73 bits per heavy atom. The first-order chi connectivity index (χ1) is 10.8. The fraction of sp³-hybridized carbons (Fsp3) is 0.474. The van der Waals surface area contributed by atoms with Gasteiger partial charge in [0.15, 0.2) is 0 Å². The number of thioether (sulfide) groups is 1. The second-order valence-electron chi connectivity index (χ2n) is 6.28. The first kappa shape index (κ1) is 15.9. The lowest BCUT2D eigenvalue weighted by molar-refractivity contribution is -0.0814. The number of likely N-dealkylation sites (tertiary alicyclic amines) is 1. The van der Waals surface area contributed by atoms with Crippen LogP contribution in [0.15, 0.2) is 53.3 Å². The number of rotatable bonds is 2. The fourth-order valence-corrected chi connectivity index (χ4v) is 3.80. The molecule has 2 heterocycles. The van der Waals surface area contributed by atoms with Crippen molar-refractivity contribution in [3.05, 3.63) is 58.9 Å². The number of ether oxygens (including phenoxy) is 1. The van der Waals surface area contributed by atoms with Gasteiger partial charge in [-0.1, -0.05) is 43.0 Å². The van der Waals surface area contributed by atoms with Crippen molar-refractivity contribution in [3.8, 4) is 0 Å². The molecular formula is C19H25NOS. The molecule has 0 aromatic heterocycles. The lowest BCUT2D eigenvalue weighted by Gasteiger charge is -2.41. The molecule has 2 aliphatic heterocycles. The van der Waals surface area contributed by atoms with E-state index in [1.165, 1.54) is 10.5 Å². The summed E-state index contributed by atoms with van der Waals surface area (Å²) in [6.07, 6.45) is 6.52. The number of piperidine rings is 1. The molecule has 3 rings (SSSR count). The third-order valence-electron chi connectivity index (χ3n) is 4.63. The maximum absolute atomic E-state index is 6.31. The predicted octanol–water partition coefficient (Wildman–Crippen LogP) is 4.59. The van der Waals surface area contributed by atoms with Gasteiger partial charge < -0.3 is 4.74 Å². The van der Waals surface area contributed by atoms with Crippen LogP contribution in [0.4, 0.5) is 0 Å². The minimum absolute atomic E-state index is 0.0505. The van der Waals surface area contributed by atoms with Crippen molar-refractivity contribution in [3.63, 3.8) is 0 Å². The van der Waals surface area contributed by atoms with E-state index in [0.717, 1.165) is 51.9 Å². The Labute approximate surface area is 138 Å². The highest BCUT2D eigenvalue weighted by atomic mass is 32.2. The van der Waals surface area contributed by atoms with Crippen LogP contribution in [-0.2, 0) is 11.3 Å². The monoisotopic (exact) mass is 315 g/mol. The zero-order valence-corrected chi connectivity index (χ0v) is 14.0. The van der Waals surface area contributed by atoms with Crippen molar-refractivity contribution in [2.75, 3.05) is 19.7 Å². The second kappa shape index (κ2) is 7.49. The normalized spacial score (nSPS) is 24.5. The largest absolute Gasteiger partial charge is 0.374 e. The number of nitrogens with zero attached hydrogens (tertiary/aromatic N) is 1. The Hall–Kier alpha value is -1.03. The van der Waals surface area contributed by atoms with Crippen LogP contribution in [0.3, 0.4) is 0 Å². The van der Waals surface area contributed by atoms with Crippen molar-refractivity contribution in [2.24, 2.45) is 0 Å². The summed E-state index contributed by atoms with van der Waals surface area (Å²) in [6, 6.07) is 10.8. The fourth-order valence-electron chi connectivity index (χ4n) is 3.22. The molecule has 2 aliphatic rings. The summed E-state index contributed by atoms with van der Waals surface area (Å²) in [4.78, 5) is 3.75. The first-order valence-corrected chi connectivity index (χ1v) is 9.03. The van der Waals surface area contributed by atoms with E-state index in [1.54, 1.807) is 11.8 Å². The lowest BCUT2D eigenvalue weighted by Crippen LogP contribution is -2.45. The predicted molar refractivity (Wildman–Crippen MR) is 94.7 cm³/mol. The third kappa shape index (κ3) is 4.25. The van der Waals surface area contributed by atoms with Crippen LogP contribution in [0.2, 0.25) is 0 Å². The van der Waals surface area contributed by atoms with Crippen LogP contribution >= 0.6 is 11.8 Å². The molecule has 0 aliphatic carbocycles. The van der Waals surface area contributed by atoms with Crippen LogP contribution in [-0.4, -0.2) is 30.2 Å². The van der Waals surface area contributed by atoms with Crippen molar-refractivity contribution >= 4 is 11.8 Å². The molecule has 0 atom stereocenters. The first-order valence-electron chi connectivity index (χ1n) is 8.15. The Morgan fingerprint density at radius 1 is 1.18 bits per heavy atom. The van der Waals surface area contributed by atoms with Crippen LogP contribution < -0.4 is 0 Å². The van der Waals surface area contributed by atoms with Gasteiger partial charge in [0.25, 0.3) is 0 Å². The van der Waals surface area contributed by atoms with Crippen molar-refractivity contribution in [1.82, 2.24) is 4.90 Å². The van der Waals surface area contributed by atoms with Crippen LogP contribution in [0.25, 0.3) is 0 Å². The molecule has 1 aromatic carbocycles. The molecule has 1 aromatic rings. The highest BCUT2D eigenvalue weighted by molar-refractivity contribution is 8.05. The highest BCUT2D eigenvalue weighted by Crippen LogP contribution is 2.34. The van der Waals surface area contributed by atoms with Gasteiger partial charge in [0, 0.05) is 26.1 Å². The molecule has 118 valence electrons. The van der Waals surface area contributed by atoms with Crippen molar-refractivity contribution < 1.29 is 4.74 Å². The van der Waals surface area contributed by atoms with E-state index in [9.17, 15) is 0 Å². The molecule has 1 spiro atoms. The smallest absolute Gasteiger partial charge is 0.0741 e. The highest BCUT2D eigenvalue weighted by Gasteiger charge is 2.34. The van der Waals surface area contributed by atoms with Gasteiger partial charge in [0.05, 0.1) is 12.2 Å². The van der Waals surface area contributed by atoms with Crippen LogP contribution in [0.1, 0.15) is 31.2 Å². The van der Waals surface area contributed by atoms with E-state index in [0.29, 0.717) is 0 Å². The quantitative estimate of drug-likeness (QED) is 0.792. The van der Waals surface area contributed by atoms with Gasteiger partial charge in [-0.3, -0.25) is 4.90 Å². The summed E-state index contributed by atoms with van der Waals surface area (Å²) in [5.74, 6) is 0. The SMILES string of the molecule is C=C1CCOC2(C/C=C\S1)CCN(Cc1ccccc1)CC2. The molecule has 1 saturated heterocycles. The molecule has 2 nitrogen and oxygen atoms in total. The molecular weight excluding hydrogens is 290 g/mol. The van der Waals surface area contributed by atoms with Gasteiger partial charge in [-0.15, -0.1) is 11.8 Å². The summed E-state index contributed by atoms with van der Waals surface area (Å²) in [7, 11) is 0. The maximum atomic E-state index is 6.31. The standard InChI is InChI=1S/C19H25NOS/c1-17-8-14-21-19(9-5-15-22-17)10-12-20(13-11-19)16-18-6-3-2-4-7-18/h2-7,15H,1,8-14,16H2/b15-5-. The molecule has 1 fully saturated rings. The molecule has 3 heteroatoms. The van der Waals surface area contributed by atoms with E-state index in [4.69, 9.17) is 4.74 Å². The molecule has 0 unspecified atom stereocenters. The molecule has 0 radical (unpaired) electrons. The van der Waals surface area contributed by atoms with E-state index < -0.39 is 0 Å². The van der Waals surface area contributed by atoms with Gasteiger partial charge in [0.1, 0.15) is 0 Å². The van der Waals surface area contributed by atoms with Gasteiger partial charge >= 0.3 is 0 Å². The van der Waals surface area contributed by atoms with Gasteiger partial charge in [-0.2, -0.15) is 0 Å². The van der Waals surface area contributed by atoms with E-state index in [1.807, 2.05) is 0 Å². The molecule has 0 saturated carbocycles. The topological polar surface area (TPSA) is 12.5 Å². The summed E-state index contributed by atoms with van der Waals surface area (Å²) in [5, 5.41) is 2.19. The second-order valence-corrected chi connectivity index (χ2v) is 7.36. The average Bonchev–Trinajstić information content (AvgIpc) is 2.63. The summed E-state index contributed by atoms with van der Waals surface area (Å²) >= 11 is 1.75. The van der Waals surface area contributed by atoms with Gasteiger partial charge in [0.2, 0.25) is 0 Å².